The van der Waals surface area contributed by atoms with Gasteiger partial charge in [0.1, 0.15) is 0 Å². The number of carbonyl (C=O) groups excluding carboxylic acids is 1. The van der Waals surface area contributed by atoms with Gasteiger partial charge in [0.05, 0.1) is 5.92 Å². The third-order valence-electron chi connectivity index (χ3n) is 5.28. The van der Waals surface area contributed by atoms with E-state index in [4.69, 9.17) is 5.73 Å². The van der Waals surface area contributed by atoms with Gasteiger partial charge in [0.2, 0.25) is 5.91 Å². The third-order valence-corrected chi connectivity index (χ3v) is 5.28. The Morgan fingerprint density at radius 1 is 1.29 bits per heavy atom. The summed E-state index contributed by atoms with van der Waals surface area (Å²) >= 11 is 0. The minimum absolute atomic E-state index is 0.00259. The maximum absolute atomic E-state index is 12.1. The summed E-state index contributed by atoms with van der Waals surface area (Å²) in [7, 11) is 0. The number of fused-ring (bicyclic) bond motifs is 1. The van der Waals surface area contributed by atoms with Gasteiger partial charge in [-0.25, -0.2) is 0 Å². The van der Waals surface area contributed by atoms with Crippen molar-refractivity contribution in [1.29, 1.82) is 0 Å². The van der Waals surface area contributed by atoms with Gasteiger partial charge < -0.3 is 11.1 Å². The van der Waals surface area contributed by atoms with Crippen molar-refractivity contribution in [2.75, 3.05) is 5.32 Å². The van der Waals surface area contributed by atoms with Crippen molar-refractivity contribution in [3.63, 3.8) is 0 Å². The topological polar surface area (TPSA) is 55.1 Å². The van der Waals surface area contributed by atoms with Crippen LogP contribution in [0, 0.1) is 12.8 Å². The van der Waals surface area contributed by atoms with Gasteiger partial charge in [0.15, 0.2) is 0 Å². The molecule has 1 aliphatic carbocycles. The summed E-state index contributed by atoms with van der Waals surface area (Å²) in [6, 6.07) is 4.48. The molecule has 1 aliphatic heterocycles. The minimum atomic E-state index is -0.00259. The summed E-state index contributed by atoms with van der Waals surface area (Å²) in [6.45, 7) is 4.15. The molecule has 3 rings (SSSR count). The van der Waals surface area contributed by atoms with Gasteiger partial charge in [-0.1, -0.05) is 38.3 Å². The van der Waals surface area contributed by atoms with E-state index in [9.17, 15) is 4.79 Å². The molecule has 2 unspecified atom stereocenters. The summed E-state index contributed by atoms with van der Waals surface area (Å²) in [5, 5.41) is 3.03. The summed E-state index contributed by atoms with van der Waals surface area (Å²) in [6.07, 6.45) is 7.29. The molecule has 3 nitrogen and oxygen atoms in total. The summed E-state index contributed by atoms with van der Waals surface area (Å²) in [4.78, 5) is 12.1. The van der Waals surface area contributed by atoms with Crippen molar-refractivity contribution in [2.24, 2.45) is 11.7 Å². The molecular formula is C18H26N2O. The third kappa shape index (κ3) is 2.59. The highest BCUT2D eigenvalue weighted by Crippen LogP contribution is 2.40. The predicted octanol–water partition coefficient (Wildman–Crippen LogP) is 4.02. The number of hydrogen-bond donors (Lipinski definition) is 2. The lowest BCUT2D eigenvalue weighted by molar-refractivity contribution is -0.117. The first kappa shape index (κ1) is 14.6. The van der Waals surface area contributed by atoms with Crippen LogP contribution in [0.3, 0.4) is 0 Å². The van der Waals surface area contributed by atoms with Crippen LogP contribution in [-0.2, 0) is 4.79 Å². The highest BCUT2D eigenvalue weighted by atomic mass is 16.2. The molecule has 1 aromatic carbocycles. The first-order valence-electron chi connectivity index (χ1n) is 8.32. The highest BCUT2D eigenvalue weighted by molar-refractivity contribution is 6.03. The molecule has 0 radical (unpaired) electrons. The Labute approximate surface area is 127 Å². The quantitative estimate of drug-likeness (QED) is 0.881. The van der Waals surface area contributed by atoms with Crippen molar-refractivity contribution in [3.8, 4) is 0 Å². The molecule has 1 fully saturated rings. The maximum atomic E-state index is 12.1. The van der Waals surface area contributed by atoms with Crippen molar-refractivity contribution < 1.29 is 4.79 Å². The molecule has 3 N–H and O–H groups in total. The van der Waals surface area contributed by atoms with E-state index in [0.717, 1.165) is 23.2 Å². The lowest BCUT2D eigenvalue weighted by Crippen LogP contribution is -2.23. The average molecular weight is 286 g/mol. The lowest BCUT2D eigenvalue weighted by Gasteiger charge is -2.28. The molecule has 0 spiro atoms. The zero-order valence-corrected chi connectivity index (χ0v) is 13.1. The van der Waals surface area contributed by atoms with E-state index >= 15 is 0 Å². The Bertz CT molecular complexity index is 546. The van der Waals surface area contributed by atoms with E-state index < -0.39 is 0 Å². The average Bonchev–Trinajstić information content (AvgIpc) is 2.83. The molecule has 2 atom stereocenters. The first-order valence-corrected chi connectivity index (χ1v) is 8.32. The van der Waals surface area contributed by atoms with E-state index in [-0.39, 0.29) is 17.9 Å². The van der Waals surface area contributed by atoms with Gasteiger partial charge in [-0.2, -0.15) is 0 Å². The second kappa shape index (κ2) is 5.80. The molecule has 21 heavy (non-hydrogen) atoms. The van der Waals surface area contributed by atoms with Crippen LogP contribution in [0.5, 0.6) is 0 Å². The number of hydrogen-bond acceptors (Lipinski definition) is 2. The number of benzene rings is 1. The molecule has 1 heterocycles. The molecule has 1 aromatic rings. The fourth-order valence-corrected chi connectivity index (χ4v) is 4.00. The largest absolute Gasteiger partial charge is 0.325 e. The molecule has 0 aromatic heterocycles. The van der Waals surface area contributed by atoms with Crippen molar-refractivity contribution in [1.82, 2.24) is 0 Å². The predicted molar refractivity (Wildman–Crippen MR) is 86.3 cm³/mol. The van der Waals surface area contributed by atoms with Crippen LogP contribution < -0.4 is 11.1 Å². The lowest BCUT2D eigenvalue weighted by atomic mass is 9.80. The van der Waals surface area contributed by atoms with Crippen LogP contribution in [0.1, 0.15) is 74.1 Å². The summed E-state index contributed by atoms with van der Waals surface area (Å²) < 4.78 is 0. The number of anilines is 1. The maximum Gasteiger partial charge on any atom is 0.232 e. The van der Waals surface area contributed by atoms with Crippen LogP contribution in [0.25, 0.3) is 0 Å². The first-order chi connectivity index (χ1) is 10.1. The van der Waals surface area contributed by atoms with Crippen LogP contribution in [0.4, 0.5) is 5.69 Å². The van der Waals surface area contributed by atoms with Gasteiger partial charge in [-0.3, -0.25) is 4.79 Å². The Morgan fingerprint density at radius 2 is 2.00 bits per heavy atom. The molecule has 2 aliphatic rings. The molecule has 1 amide bonds. The normalized spacial score (nSPS) is 23.8. The van der Waals surface area contributed by atoms with Crippen LogP contribution >= 0.6 is 0 Å². The Morgan fingerprint density at radius 3 is 2.67 bits per heavy atom. The Balaban J connectivity index is 1.92. The molecule has 114 valence electrons. The smallest absolute Gasteiger partial charge is 0.232 e. The van der Waals surface area contributed by atoms with E-state index in [1.54, 1.807) is 0 Å². The van der Waals surface area contributed by atoms with Gasteiger partial charge in [-0.15, -0.1) is 0 Å². The van der Waals surface area contributed by atoms with E-state index in [1.165, 1.54) is 37.7 Å². The Kier molecular flexibility index (Phi) is 4.03. The molecule has 1 saturated carbocycles. The minimum Gasteiger partial charge on any atom is -0.325 e. The van der Waals surface area contributed by atoms with Gasteiger partial charge in [0.25, 0.3) is 0 Å². The molecule has 3 heteroatoms. The van der Waals surface area contributed by atoms with Crippen LogP contribution in [0.15, 0.2) is 12.1 Å². The zero-order chi connectivity index (χ0) is 15.0. The Hall–Kier alpha value is -1.35. The van der Waals surface area contributed by atoms with E-state index in [1.807, 2.05) is 0 Å². The van der Waals surface area contributed by atoms with Crippen LogP contribution in [-0.4, -0.2) is 5.91 Å². The van der Waals surface area contributed by atoms with Crippen molar-refractivity contribution in [2.45, 2.75) is 64.3 Å². The molecule has 0 bridgehead atoms. The van der Waals surface area contributed by atoms with Crippen molar-refractivity contribution in [3.05, 3.63) is 28.8 Å². The van der Waals surface area contributed by atoms with E-state index in [2.05, 4.69) is 31.3 Å². The number of nitrogens with two attached hydrogens (primary N) is 1. The fraction of sp³-hybridized carbons (Fsp3) is 0.611. The summed E-state index contributed by atoms with van der Waals surface area (Å²) in [5.74, 6) is 0.734. The molecule has 0 saturated heterocycles. The van der Waals surface area contributed by atoms with Gasteiger partial charge in [-0.05, 0) is 48.8 Å². The van der Waals surface area contributed by atoms with E-state index in [0.29, 0.717) is 5.92 Å². The highest BCUT2D eigenvalue weighted by Gasteiger charge is 2.32. The molecular weight excluding hydrogens is 260 g/mol. The van der Waals surface area contributed by atoms with Crippen LogP contribution in [0.2, 0.25) is 0 Å². The monoisotopic (exact) mass is 286 g/mol. The fourth-order valence-electron chi connectivity index (χ4n) is 4.00. The van der Waals surface area contributed by atoms with Crippen molar-refractivity contribution >= 4 is 11.6 Å². The second-order valence-electron chi connectivity index (χ2n) is 6.68. The number of amides is 1. The SMILES string of the molecule is CCC1C(=O)Nc2c(C)cc(C(N)C3CCCCC3)cc21. The summed E-state index contributed by atoms with van der Waals surface area (Å²) in [5.41, 5.74) is 11.1. The number of carbonyl (C=O) groups is 1. The van der Waals surface area contributed by atoms with Gasteiger partial charge >= 0.3 is 0 Å². The number of nitrogens with one attached hydrogen (secondary N) is 1. The second-order valence-corrected chi connectivity index (χ2v) is 6.68. The van der Waals surface area contributed by atoms with Gasteiger partial charge in [0, 0.05) is 11.7 Å². The number of aryl methyl sites for hydroxylation is 1. The zero-order valence-electron chi connectivity index (χ0n) is 13.1. The standard InChI is InChI=1S/C18H26N2O/c1-3-14-15-10-13(9-11(2)17(15)20-18(14)21)16(19)12-7-5-4-6-8-12/h9-10,12,14,16H,3-8,19H2,1-2H3,(H,20,21). The number of rotatable bonds is 3.